The summed E-state index contributed by atoms with van der Waals surface area (Å²) in [7, 11) is 0. The van der Waals surface area contributed by atoms with Gasteiger partial charge in [0.25, 0.3) is 0 Å². The van der Waals surface area contributed by atoms with Crippen LogP contribution < -0.4 is 0 Å². The van der Waals surface area contributed by atoms with Crippen molar-refractivity contribution in [1.82, 2.24) is 4.98 Å². The Labute approximate surface area is 192 Å². The molecule has 0 bridgehead atoms. The van der Waals surface area contributed by atoms with Crippen LogP contribution in [0.3, 0.4) is 0 Å². The Hall–Kier alpha value is -3.17. The van der Waals surface area contributed by atoms with Crippen molar-refractivity contribution in [3.05, 3.63) is 107 Å². The second-order valence-electron chi connectivity index (χ2n) is 7.99. The summed E-state index contributed by atoms with van der Waals surface area (Å²) in [6, 6.07) is 22.7. The van der Waals surface area contributed by atoms with Gasteiger partial charge in [0.05, 0.1) is 18.8 Å². The second kappa shape index (κ2) is 12.6. The molecule has 3 aromatic rings. The summed E-state index contributed by atoms with van der Waals surface area (Å²) in [5.41, 5.74) is 4.44. The monoisotopic (exact) mass is 427 g/mol. The molecular formula is C29H33NO2. The molecule has 0 amide bonds. The average molecular weight is 428 g/mol. The summed E-state index contributed by atoms with van der Waals surface area (Å²) in [6.45, 7) is 6.94. The van der Waals surface area contributed by atoms with Gasteiger partial charge in [-0.05, 0) is 49.1 Å². The first-order valence-electron chi connectivity index (χ1n) is 11.4. The summed E-state index contributed by atoms with van der Waals surface area (Å²) in [4.78, 5) is 4.15. The van der Waals surface area contributed by atoms with Crippen molar-refractivity contribution in [3.8, 4) is 0 Å². The molecule has 0 saturated carbocycles. The molecule has 0 N–H and O–H groups in total. The lowest BCUT2D eigenvalue weighted by Crippen LogP contribution is -2.11. The van der Waals surface area contributed by atoms with Crippen molar-refractivity contribution >= 4 is 17.9 Å². The summed E-state index contributed by atoms with van der Waals surface area (Å²) >= 11 is 0. The number of benzene rings is 2. The molecule has 2 aromatic carbocycles. The first kappa shape index (κ1) is 23.5. The van der Waals surface area contributed by atoms with E-state index < -0.39 is 0 Å². The van der Waals surface area contributed by atoms with Gasteiger partial charge in [-0.3, -0.25) is 4.98 Å². The molecule has 166 valence electrons. The predicted molar refractivity (Wildman–Crippen MR) is 134 cm³/mol. The molecule has 0 aliphatic heterocycles. The van der Waals surface area contributed by atoms with Gasteiger partial charge in [0.2, 0.25) is 0 Å². The Balaban J connectivity index is 1.72. The van der Waals surface area contributed by atoms with Crippen molar-refractivity contribution in [3.63, 3.8) is 0 Å². The molecule has 0 aliphatic carbocycles. The lowest BCUT2D eigenvalue weighted by molar-refractivity contribution is 0.0814. The Morgan fingerprint density at radius 1 is 0.906 bits per heavy atom. The van der Waals surface area contributed by atoms with E-state index in [0.717, 1.165) is 35.3 Å². The zero-order valence-corrected chi connectivity index (χ0v) is 19.3. The minimum atomic E-state index is -0.0656. The Morgan fingerprint density at radius 3 is 2.34 bits per heavy atom. The van der Waals surface area contributed by atoms with E-state index in [4.69, 9.17) is 9.47 Å². The van der Waals surface area contributed by atoms with Crippen molar-refractivity contribution in [2.45, 2.75) is 52.4 Å². The van der Waals surface area contributed by atoms with Crippen LogP contribution in [0.15, 0.2) is 85.2 Å². The summed E-state index contributed by atoms with van der Waals surface area (Å²) in [5.74, 6) is 0.870. The van der Waals surface area contributed by atoms with Crippen LogP contribution in [-0.2, 0) is 16.1 Å². The van der Waals surface area contributed by atoms with Crippen molar-refractivity contribution < 1.29 is 9.47 Å². The molecule has 3 heteroatoms. The van der Waals surface area contributed by atoms with Gasteiger partial charge in [-0.25, -0.2) is 0 Å². The maximum Gasteiger partial charge on any atom is 0.125 e. The van der Waals surface area contributed by atoms with Gasteiger partial charge in [-0.1, -0.05) is 86.2 Å². The lowest BCUT2D eigenvalue weighted by Gasteiger charge is -2.19. The molecule has 3 rings (SSSR count). The molecule has 32 heavy (non-hydrogen) atoms. The normalized spacial score (nSPS) is 13.8. The van der Waals surface area contributed by atoms with Crippen LogP contribution in [0.5, 0.6) is 0 Å². The van der Waals surface area contributed by atoms with Crippen molar-refractivity contribution in [2.75, 3.05) is 0 Å². The van der Waals surface area contributed by atoms with E-state index in [0.29, 0.717) is 6.61 Å². The van der Waals surface area contributed by atoms with E-state index in [1.165, 1.54) is 5.56 Å². The fraction of sp³-hybridized carbons (Fsp3) is 0.276. The number of ether oxygens (including phenoxy) is 2. The van der Waals surface area contributed by atoms with Crippen LogP contribution in [0.4, 0.5) is 0 Å². The minimum Gasteiger partial charge on any atom is -0.490 e. The fourth-order valence-corrected chi connectivity index (χ4v) is 3.37. The van der Waals surface area contributed by atoms with E-state index in [9.17, 15) is 0 Å². The van der Waals surface area contributed by atoms with E-state index in [2.05, 4.69) is 80.4 Å². The van der Waals surface area contributed by atoms with Crippen LogP contribution >= 0.6 is 0 Å². The highest BCUT2D eigenvalue weighted by atomic mass is 16.5. The standard InChI is InChI=1S/C29H33NO2/c1-4-9-23(2)32-29(20-24(3)31-22-27-10-6-5-7-11-27)28-17-15-25(16-18-28)13-14-26-12-8-19-30-21-26/h5-8,10-21,23-24H,4,9,22H2,1-3H3. The Bertz CT molecular complexity index is 979. The van der Waals surface area contributed by atoms with E-state index in [1.54, 1.807) is 6.20 Å². The largest absolute Gasteiger partial charge is 0.490 e. The zero-order valence-electron chi connectivity index (χ0n) is 19.3. The third-order valence-corrected chi connectivity index (χ3v) is 5.11. The van der Waals surface area contributed by atoms with E-state index in [-0.39, 0.29) is 12.2 Å². The highest BCUT2D eigenvalue weighted by molar-refractivity contribution is 5.70. The molecule has 0 saturated heterocycles. The van der Waals surface area contributed by atoms with E-state index >= 15 is 0 Å². The zero-order chi connectivity index (χ0) is 22.6. The maximum atomic E-state index is 6.32. The van der Waals surface area contributed by atoms with Crippen molar-refractivity contribution in [1.29, 1.82) is 0 Å². The SMILES string of the molecule is CCCC(C)OC(=CC(C)OCc1ccccc1)c1ccc(C=Cc2cccnc2)cc1. The van der Waals surface area contributed by atoms with E-state index in [1.807, 2.05) is 36.5 Å². The van der Waals surface area contributed by atoms with Crippen LogP contribution in [-0.4, -0.2) is 17.2 Å². The van der Waals surface area contributed by atoms with Gasteiger partial charge in [-0.15, -0.1) is 0 Å². The first-order valence-corrected chi connectivity index (χ1v) is 11.4. The molecule has 0 aliphatic rings. The Morgan fingerprint density at radius 2 is 1.66 bits per heavy atom. The Kier molecular flexibility index (Phi) is 9.27. The van der Waals surface area contributed by atoms with Crippen LogP contribution in [0, 0.1) is 0 Å². The van der Waals surface area contributed by atoms with Crippen LogP contribution in [0.25, 0.3) is 17.9 Å². The highest BCUT2D eigenvalue weighted by Crippen LogP contribution is 2.22. The smallest absolute Gasteiger partial charge is 0.125 e. The molecule has 3 nitrogen and oxygen atoms in total. The predicted octanol–water partition coefficient (Wildman–Crippen LogP) is 7.40. The number of hydrogen-bond donors (Lipinski definition) is 0. The van der Waals surface area contributed by atoms with Gasteiger partial charge in [0.1, 0.15) is 5.76 Å². The number of rotatable bonds is 11. The van der Waals surface area contributed by atoms with Crippen molar-refractivity contribution in [2.24, 2.45) is 0 Å². The number of nitrogens with zero attached hydrogens (tertiary/aromatic N) is 1. The lowest BCUT2D eigenvalue weighted by atomic mass is 10.1. The van der Waals surface area contributed by atoms with Gasteiger partial charge < -0.3 is 9.47 Å². The third kappa shape index (κ3) is 7.82. The van der Waals surface area contributed by atoms with Crippen LogP contribution in [0.1, 0.15) is 55.9 Å². The quantitative estimate of drug-likeness (QED) is 0.299. The number of hydrogen-bond acceptors (Lipinski definition) is 3. The third-order valence-electron chi connectivity index (χ3n) is 5.11. The molecule has 2 atom stereocenters. The average Bonchev–Trinajstić information content (AvgIpc) is 2.83. The van der Waals surface area contributed by atoms with Crippen LogP contribution in [0.2, 0.25) is 0 Å². The first-order chi connectivity index (χ1) is 15.6. The topological polar surface area (TPSA) is 31.4 Å². The summed E-state index contributed by atoms with van der Waals surface area (Å²) < 4.78 is 12.4. The number of aromatic nitrogens is 1. The van der Waals surface area contributed by atoms with Gasteiger partial charge in [0, 0.05) is 18.0 Å². The molecule has 1 aromatic heterocycles. The maximum absolute atomic E-state index is 6.32. The van der Waals surface area contributed by atoms with Gasteiger partial charge in [0.15, 0.2) is 0 Å². The van der Waals surface area contributed by atoms with Gasteiger partial charge >= 0.3 is 0 Å². The molecule has 0 fully saturated rings. The highest BCUT2D eigenvalue weighted by Gasteiger charge is 2.11. The molecule has 2 unspecified atom stereocenters. The summed E-state index contributed by atoms with van der Waals surface area (Å²) in [5, 5.41) is 0. The molecule has 1 heterocycles. The fourth-order valence-electron chi connectivity index (χ4n) is 3.37. The minimum absolute atomic E-state index is 0.0656. The molecule has 0 radical (unpaired) electrons. The molecule has 0 spiro atoms. The second-order valence-corrected chi connectivity index (χ2v) is 7.99. The molecular weight excluding hydrogens is 394 g/mol. The van der Waals surface area contributed by atoms with Gasteiger partial charge in [-0.2, -0.15) is 0 Å². The summed E-state index contributed by atoms with van der Waals surface area (Å²) in [6.07, 6.45) is 12.1. The number of pyridine rings is 1.